The Morgan fingerprint density at radius 2 is 1.94 bits per heavy atom. The number of benzene rings is 1. The maximum absolute atomic E-state index is 12.5. The van der Waals surface area contributed by atoms with Crippen molar-refractivity contribution in [3.05, 3.63) is 36.0 Å². The van der Waals surface area contributed by atoms with E-state index in [1.54, 1.807) is 30.1 Å². The SMILES string of the molecule is CCCCOc1ccc(C(=O)NCCn2ncc3c(NC(C)C)nc(SCCC)nc32)cc1. The summed E-state index contributed by atoms with van der Waals surface area (Å²) in [5, 5.41) is 12.5. The number of fused-ring (bicyclic) bond motifs is 1. The van der Waals surface area contributed by atoms with Crippen LogP contribution in [0.25, 0.3) is 11.0 Å². The molecule has 0 saturated carbocycles. The van der Waals surface area contributed by atoms with Crippen molar-refractivity contribution in [1.82, 2.24) is 25.1 Å². The van der Waals surface area contributed by atoms with E-state index in [0.29, 0.717) is 25.3 Å². The first kappa shape index (κ1) is 24.8. The Labute approximate surface area is 199 Å². The van der Waals surface area contributed by atoms with Gasteiger partial charge in [-0.2, -0.15) is 5.10 Å². The number of hydrogen-bond acceptors (Lipinski definition) is 7. The van der Waals surface area contributed by atoms with Crippen LogP contribution in [0, 0.1) is 0 Å². The summed E-state index contributed by atoms with van der Waals surface area (Å²) in [6.45, 7) is 10.1. The number of hydrogen-bond donors (Lipinski definition) is 2. The molecule has 2 N–H and O–H groups in total. The van der Waals surface area contributed by atoms with Crippen LogP contribution in [0.1, 0.15) is 57.3 Å². The lowest BCUT2D eigenvalue weighted by atomic mass is 10.2. The molecule has 2 aromatic heterocycles. The highest BCUT2D eigenvalue weighted by molar-refractivity contribution is 7.99. The Bertz CT molecular complexity index is 1040. The summed E-state index contributed by atoms with van der Waals surface area (Å²) < 4.78 is 7.48. The van der Waals surface area contributed by atoms with Gasteiger partial charge >= 0.3 is 0 Å². The molecule has 9 heteroatoms. The number of nitrogens with one attached hydrogen (secondary N) is 2. The minimum absolute atomic E-state index is 0.123. The summed E-state index contributed by atoms with van der Waals surface area (Å²) in [5.74, 6) is 2.41. The summed E-state index contributed by atoms with van der Waals surface area (Å²) in [6, 6.07) is 7.49. The molecule has 0 aliphatic heterocycles. The largest absolute Gasteiger partial charge is 0.494 e. The van der Waals surface area contributed by atoms with Gasteiger partial charge in [-0.15, -0.1) is 0 Å². The van der Waals surface area contributed by atoms with E-state index in [2.05, 4.69) is 48.4 Å². The molecule has 0 aliphatic rings. The van der Waals surface area contributed by atoms with Gasteiger partial charge < -0.3 is 15.4 Å². The molecule has 0 atom stereocenters. The first-order valence-electron chi connectivity index (χ1n) is 11.7. The number of nitrogens with zero attached hydrogens (tertiary/aromatic N) is 4. The molecule has 0 aliphatic carbocycles. The molecule has 0 radical (unpaired) electrons. The fourth-order valence-electron chi connectivity index (χ4n) is 3.15. The van der Waals surface area contributed by atoms with E-state index in [9.17, 15) is 4.79 Å². The quantitative estimate of drug-likeness (QED) is 0.211. The Kier molecular flexibility index (Phi) is 9.35. The molecule has 8 nitrogen and oxygen atoms in total. The number of anilines is 1. The second kappa shape index (κ2) is 12.4. The minimum atomic E-state index is -0.123. The third-order valence-electron chi connectivity index (χ3n) is 4.83. The molecule has 0 unspecified atom stereocenters. The van der Waals surface area contributed by atoms with Crippen molar-refractivity contribution in [1.29, 1.82) is 0 Å². The van der Waals surface area contributed by atoms with Crippen molar-refractivity contribution in [2.75, 3.05) is 24.2 Å². The van der Waals surface area contributed by atoms with E-state index in [1.807, 2.05) is 16.8 Å². The van der Waals surface area contributed by atoms with Gasteiger partial charge in [0.25, 0.3) is 5.91 Å². The maximum atomic E-state index is 12.5. The Balaban J connectivity index is 1.64. The van der Waals surface area contributed by atoms with Gasteiger partial charge in [0, 0.05) is 23.9 Å². The van der Waals surface area contributed by atoms with Crippen molar-refractivity contribution in [3.63, 3.8) is 0 Å². The van der Waals surface area contributed by atoms with Crippen LogP contribution in [0.15, 0.2) is 35.6 Å². The van der Waals surface area contributed by atoms with E-state index >= 15 is 0 Å². The van der Waals surface area contributed by atoms with E-state index in [4.69, 9.17) is 9.72 Å². The topological polar surface area (TPSA) is 94.0 Å². The van der Waals surface area contributed by atoms with Crippen LogP contribution in [0.2, 0.25) is 0 Å². The highest BCUT2D eigenvalue weighted by atomic mass is 32.2. The monoisotopic (exact) mass is 470 g/mol. The molecular formula is C24H34N6O2S. The number of rotatable bonds is 13. The lowest BCUT2D eigenvalue weighted by Gasteiger charge is -2.12. The maximum Gasteiger partial charge on any atom is 0.251 e. The summed E-state index contributed by atoms with van der Waals surface area (Å²) in [4.78, 5) is 21.9. The van der Waals surface area contributed by atoms with Gasteiger partial charge in [0.1, 0.15) is 11.6 Å². The average molecular weight is 471 g/mol. The molecule has 0 fully saturated rings. The lowest BCUT2D eigenvalue weighted by Crippen LogP contribution is -2.27. The molecule has 3 rings (SSSR count). The predicted molar refractivity (Wildman–Crippen MR) is 134 cm³/mol. The summed E-state index contributed by atoms with van der Waals surface area (Å²) >= 11 is 1.64. The molecule has 0 bridgehead atoms. The Morgan fingerprint density at radius 1 is 1.15 bits per heavy atom. The van der Waals surface area contributed by atoms with Gasteiger partial charge in [-0.3, -0.25) is 4.79 Å². The zero-order valence-corrected chi connectivity index (χ0v) is 20.7. The van der Waals surface area contributed by atoms with Crippen LogP contribution < -0.4 is 15.4 Å². The zero-order valence-electron chi connectivity index (χ0n) is 19.9. The first-order valence-corrected chi connectivity index (χ1v) is 12.6. The Morgan fingerprint density at radius 3 is 2.64 bits per heavy atom. The predicted octanol–water partition coefficient (Wildman–Crippen LogP) is 4.76. The molecule has 0 saturated heterocycles. The fourth-order valence-corrected chi connectivity index (χ4v) is 3.85. The van der Waals surface area contributed by atoms with Crippen LogP contribution in [0.5, 0.6) is 5.75 Å². The number of carbonyl (C=O) groups excluding carboxylic acids is 1. The van der Waals surface area contributed by atoms with Crippen molar-refractivity contribution in [2.45, 2.75) is 64.7 Å². The van der Waals surface area contributed by atoms with Crippen molar-refractivity contribution in [3.8, 4) is 5.75 Å². The molecule has 1 aromatic carbocycles. The van der Waals surface area contributed by atoms with Gasteiger partial charge in [0.05, 0.1) is 24.7 Å². The van der Waals surface area contributed by atoms with E-state index in [-0.39, 0.29) is 11.9 Å². The van der Waals surface area contributed by atoms with E-state index in [1.165, 1.54) is 0 Å². The molecule has 178 valence electrons. The summed E-state index contributed by atoms with van der Waals surface area (Å²) in [6.07, 6.45) is 4.94. The summed E-state index contributed by atoms with van der Waals surface area (Å²) in [7, 11) is 0. The number of amides is 1. The fraction of sp³-hybridized carbons (Fsp3) is 0.500. The van der Waals surface area contributed by atoms with Crippen molar-refractivity contribution in [2.24, 2.45) is 0 Å². The number of aromatic nitrogens is 4. The van der Waals surface area contributed by atoms with Gasteiger partial charge in [0.15, 0.2) is 10.8 Å². The number of thioether (sulfide) groups is 1. The average Bonchev–Trinajstić information content (AvgIpc) is 3.21. The van der Waals surface area contributed by atoms with Crippen molar-refractivity contribution < 1.29 is 9.53 Å². The zero-order chi connectivity index (χ0) is 23.6. The molecule has 0 spiro atoms. The third-order valence-corrected chi connectivity index (χ3v) is 5.88. The molecule has 3 aromatic rings. The minimum Gasteiger partial charge on any atom is -0.494 e. The number of unbranched alkanes of at least 4 members (excludes halogenated alkanes) is 1. The second-order valence-electron chi connectivity index (χ2n) is 8.09. The summed E-state index contributed by atoms with van der Waals surface area (Å²) in [5.41, 5.74) is 1.38. The molecular weight excluding hydrogens is 436 g/mol. The van der Waals surface area contributed by atoms with Crippen LogP contribution in [0.4, 0.5) is 5.82 Å². The van der Waals surface area contributed by atoms with Crippen LogP contribution in [0.3, 0.4) is 0 Å². The highest BCUT2D eigenvalue weighted by Crippen LogP contribution is 2.25. The highest BCUT2D eigenvalue weighted by Gasteiger charge is 2.14. The first-order chi connectivity index (χ1) is 16.0. The van der Waals surface area contributed by atoms with E-state index < -0.39 is 0 Å². The Hall–Kier alpha value is -2.81. The van der Waals surface area contributed by atoms with Crippen molar-refractivity contribution >= 4 is 34.5 Å². The van der Waals surface area contributed by atoms with Gasteiger partial charge in [0.2, 0.25) is 0 Å². The van der Waals surface area contributed by atoms with E-state index in [0.717, 1.165) is 52.8 Å². The van der Waals surface area contributed by atoms with Gasteiger partial charge in [-0.05, 0) is 51.0 Å². The smallest absolute Gasteiger partial charge is 0.251 e. The molecule has 1 amide bonds. The standard InChI is InChI=1S/C24H34N6O2S/c1-5-7-14-32-19-10-8-18(9-11-19)23(31)25-12-13-30-22-20(16-26-30)21(27-17(3)4)28-24(29-22)33-15-6-2/h8-11,16-17H,5-7,12-15H2,1-4H3,(H,25,31)(H,27,28,29). The van der Waals surface area contributed by atoms with Gasteiger partial charge in [-0.25, -0.2) is 14.6 Å². The second-order valence-corrected chi connectivity index (χ2v) is 9.15. The van der Waals surface area contributed by atoms with Crippen LogP contribution in [-0.2, 0) is 6.54 Å². The van der Waals surface area contributed by atoms with Crippen LogP contribution in [-0.4, -0.2) is 50.6 Å². The lowest BCUT2D eigenvalue weighted by molar-refractivity contribution is 0.0952. The van der Waals surface area contributed by atoms with Crippen LogP contribution >= 0.6 is 11.8 Å². The number of carbonyl (C=O) groups is 1. The third kappa shape index (κ3) is 7.08. The number of ether oxygens (including phenoxy) is 1. The molecule has 2 heterocycles. The molecule has 33 heavy (non-hydrogen) atoms. The normalized spacial score (nSPS) is 11.2. The van der Waals surface area contributed by atoms with Gasteiger partial charge in [-0.1, -0.05) is 32.0 Å².